The minimum Gasteiger partial charge on any atom is -0.497 e. The molecule has 0 atom stereocenters. The first-order valence-corrected chi connectivity index (χ1v) is 12.9. The van der Waals surface area contributed by atoms with Crippen LogP contribution < -0.4 is 20.3 Å². The average molecular weight is 521 g/mol. The summed E-state index contributed by atoms with van der Waals surface area (Å²) in [6, 6.07) is 19.3. The van der Waals surface area contributed by atoms with Crippen LogP contribution in [0, 0.1) is 0 Å². The fourth-order valence-electron chi connectivity index (χ4n) is 5.00. The Morgan fingerprint density at radius 3 is 2.46 bits per heavy atom. The van der Waals surface area contributed by atoms with Gasteiger partial charge in [-0.3, -0.25) is 4.79 Å². The highest BCUT2D eigenvalue weighted by molar-refractivity contribution is 5.89. The number of rotatable bonds is 7. The molecule has 0 radical (unpaired) electrons. The van der Waals surface area contributed by atoms with E-state index < -0.39 is 0 Å². The zero-order chi connectivity index (χ0) is 26.8. The summed E-state index contributed by atoms with van der Waals surface area (Å²) < 4.78 is 12.0. The molecule has 6 rings (SSSR count). The second-order valence-electron chi connectivity index (χ2n) is 9.29. The molecular weight excluding hydrogens is 492 g/mol. The average Bonchev–Trinajstić information content (AvgIpc) is 3.38. The summed E-state index contributed by atoms with van der Waals surface area (Å²) in [4.78, 5) is 26.3. The van der Waals surface area contributed by atoms with Gasteiger partial charge in [0.15, 0.2) is 0 Å². The Morgan fingerprint density at radius 2 is 1.74 bits per heavy atom. The van der Waals surface area contributed by atoms with Crippen LogP contribution in [0.1, 0.15) is 31.2 Å². The van der Waals surface area contributed by atoms with Gasteiger partial charge in [-0.15, -0.1) is 0 Å². The molecule has 5 aromatic rings. The number of hydrogen-bond donors (Lipinski definition) is 2. The third-order valence-electron chi connectivity index (χ3n) is 6.89. The maximum atomic E-state index is 14.2. The van der Waals surface area contributed by atoms with Gasteiger partial charge in [-0.25, -0.2) is 4.98 Å². The van der Waals surface area contributed by atoms with E-state index in [-0.39, 0.29) is 11.6 Å². The summed E-state index contributed by atoms with van der Waals surface area (Å²) in [5.74, 6) is 1.68. The van der Waals surface area contributed by atoms with E-state index in [2.05, 4.69) is 26.3 Å². The topological polar surface area (TPSA) is 106 Å². The maximum absolute atomic E-state index is 14.2. The van der Waals surface area contributed by atoms with E-state index in [1.807, 2.05) is 54.6 Å². The van der Waals surface area contributed by atoms with Crippen molar-refractivity contribution in [2.24, 2.45) is 0 Å². The van der Waals surface area contributed by atoms with Crippen LogP contribution in [0.2, 0.25) is 0 Å². The largest absolute Gasteiger partial charge is 0.497 e. The molecule has 0 fully saturated rings. The predicted octanol–water partition coefficient (Wildman–Crippen LogP) is 5.86. The summed E-state index contributed by atoms with van der Waals surface area (Å²) in [7, 11) is 3.12. The van der Waals surface area contributed by atoms with Gasteiger partial charge in [-0.2, -0.15) is 14.6 Å². The van der Waals surface area contributed by atoms with Gasteiger partial charge in [0.25, 0.3) is 5.56 Å². The van der Waals surface area contributed by atoms with E-state index in [4.69, 9.17) is 14.6 Å². The molecule has 1 aliphatic carbocycles. The first kappa shape index (κ1) is 24.4. The molecule has 0 unspecified atom stereocenters. The lowest BCUT2D eigenvalue weighted by atomic mass is 9.92. The third kappa shape index (κ3) is 4.63. The Labute approximate surface area is 225 Å². The summed E-state index contributed by atoms with van der Waals surface area (Å²) in [6.45, 7) is 0. The van der Waals surface area contributed by atoms with Gasteiger partial charge in [0.05, 0.1) is 19.8 Å². The van der Waals surface area contributed by atoms with E-state index in [0.717, 1.165) is 42.5 Å². The van der Waals surface area contributed by atoms with Gasteiger partial charge in [-0.1, -0.05) is 48.5 Å². The number of aromatic nitrogens is 5. The second kappa shape index (κ2) is 10.4. The molecule has 0 saturated carbocycles. The van der Waals surface area contributed by atoms with Crippen LogP contribution in [-0.2, 0) is 0 Å². The zero-order valence-electron chi connectivity index (χ0n) is 21.8. The van der Waals surface area contributed by atoms with Crippen molar-refractivity contribution in [3.63, 3.8) is 0 Å². The lowest BCUT2D eigenvalue weighted by molar-refractivity contribution is 0.380. The van der Waals surface area contributed by atoms with E-state index >= 15 is 0 Å². The second-order valence-corrected chi connectivity index (χ2v) is 9.29. The van der Waals surface area contributed by atoms with Crippen LogP contribution in [0.15, 0.2) is 77.7 Å². The van der Waals surface area contributed by atoms with E-state index in [1.165, 1.54) is 17.2 Å². The third-order valence-corrected chi connectivity index (χ3v) is 6.89. The molecular formula is C30H28N6O3. The van der Waals surface area contributed by atoms with Crippen LogP contribution in [0.3, 0.4) is 0 Å². The molecule has 0 spiro atoms. The minimum atomic E-state index is -0.253. The quantitative estimate of drug-likeness (QED) is 0.277. The molecule has 39 heavy (non-hydrogen) atoms. The van der Waals surface area contributed by atoms with Crippen molar-refractivity contribution in [3.05, 3.63) is 88.9 Å². The van der Waals surface area contributed by atoms with Crippen LogP contribution >= 0.6 is 0 Å². The van der Waals surface area contributed by atoms with Gasteiger partial charge in [-0.05, 0) is 55.0 Å². The molecule has 2 N–H and O–H groups in total. The summed E-state index contributed by atoms with van der Waals surface area (Å²) in [6.07, 6.45) is 8.05. The van der Waals surface area contributed by atoms with Gasteiger partial charge in [0.1, 0.15) is 28.7 Å². The Bertz CT molecular complexity index is 1720. The fraction of sp³-hybridized carbons (Fsp3) is 0.200. The number of H-pyrrole nitrogens is 1. The van der Waals surface area contributed by atoms with Crippen LogP contribution in [0.4, 0.5) is 11.6 Å². The van der Waals surface area contributed by atoms with Crippen molar-refractivity contribution in [3.8, 4) is 34.1 Å². The van der Waals surface area contributed by atoms with Crippen molar-refractivity contribution in [2.75, 3.05) is 19.5 Å². The number of nitrogens with one attached hydrogen (secondary N) is 2. The molecule has 3 aromatic heterocycles. The fourth-order valence-corrected chi connectivity index (χ4v) is 5.00. The van der Waals surface area contributed by atoms with Gasteiger partial charge in [0.2, 0.25) is 0 Å². The molecule has 2 aromatic carbocycles. The molecule has 9 heteroatoms. The van der Waals surface area contributed by atoms with Gasteiger partial charge < -0.3 is 19.8 Å². The normalized spacial score (nSPS) is 13.2. The van der Waals surface area contributed by atoms with E-state index in [9.17, 15) is 4.79 Å². The van der Waals surface area contributed by atoms with Crippen LogP contribution in [0.25, 0.3) is 33.6 Å². The van der Waals surface area contributed by atoms with Crippen molar-refractivity contribution in [2.45, 2.75) is 25.7 Å². The molecule has 196 valence electrons. The number of benzene rings is 2. The Hall–Kier alpha value is -4.92. The van der Waals surface area contributed by atoms with Gasteiger partial charge in [0, 0.05) is 17.3 Å². The highest BCUT2D eigenvalue weighted by Gasteiger charge is 2.24. The molecule has 9 nitrogen and oxygen atoms in total. The number of methoxy groups -OCH3 is 2. The highest BCUT2D eigenvalue weighted by atomic mass is 16.5. The Balaban J connectivity index is 1.63. The number of hydrogen-bond acceptors (Lipinski definition) is 7. The highest BCUT2D eigenvalue weighted by Crippen LogP contribution is 2.37. The zero-order valence-corrected chi connectivity index (χ0v) is 21.8. The minimum absolute atomic E-state index is 0.221. The molecule has 3 heterocycles. The standard InChI is InChI=1S/C30H28N6O3/c1-38-22-15-13-20(14-16-22)25-27(32-23-17-18-31-30(33-23)39-2)34-28-24(19-9-5-3-6-10-19)26(35-36(28)29(25)37)21-11-7-4-8-12-21/h4,7-9,11-18,34H,3,5-6,10H2,1-2H3,(H,31,32,33). The molecule has 0 saturated heterocycles. The summed E-state index contributed by atoms with van der Waals surface area (Å²) in [5.41, 5.74) is 5.38. The molecule has 0 bridgehead atoms. The van der Waals surface area contributed by atoms with E-state index in [0.29, 0.717) is 34.2 Å². The molecule has 0 aliphatic heterocycles. The number of allylic oxidation sites excluding steroid dienone is 2. The van der Waals surface area contributed by atoms with Crippen molar-refractivity contribution in [1.29, 1.82) is 0 Å². The SMILES string of the molecule is COc1ccc(-c2c(Nc3ccnc(OC)n3)[nH]c3c(C4=CCCCC4)c(-c4ccccc4)nn3c2=O)cc1. The smallest absolute Gasteiger partial charge is 0.318 e. The monoisotopic (exact) mass is 520 g/mol. The lowest BCUT2D eigenvalue weighted by Crippen LogP contribution is -2.20. The number of aromatic amines is 1. The van der Waals surface area contributed by atoms with Crippen molar-refractivity contribution in [1.82, 2.24) is 24.6 Å². The number of fused-ring (bicyclic) bond motifs is 1. The number of anilines is 2. The first-order chi connectivity index (χ1) is 19.2. The first-order valence-electron chi connectivity index (χ1n) is 12.9. The van der Waals surface area contributed by atoms with Gasteiger partial charge >= 0.3 is 6.01 Å². The summed E-state index contributed by atoms with van der Waals surface area (Å²) in [5, 5.41) is 8.20. The van der Waals surface area contributed by atoms with Crippen molar-refractivity contribution >= 4 is 22.9 Å². The summed E-state index contributed by atoms with van der Waals surface area (Å²) >= 11 is 0. The maximum Gasteiger partial charge on any atom is 0.318 e. The van der Waals surface area contributed by atoms with Crippen LogP contribution in [-0.4, -0.2) is 38.8 Å². The molecule has 1 aliphatic rings. The van der Waals surface area contributed by atoms with E-state index in [1.54, 1.807) is 19.4 Å². The molecule has 0 amide bonds. The Morgan fingerprint density at radius 1 is 0.923 bits per heavy atom. The predicted molar refractivity (Wildman–Crippen MR) is 152 cm³/mol. The lowest BCUT2D eigenvalue weighted by Gasteiger charge is -2.15. The number of nitrogens with zero attached hydrogens (tertiary/aromatic N) is 4. The Kier molecular flexibility index (Phi) is 6.54. The van der Waals surface area contributed by atoms with Crippen LogP contribution in [0.5, 0.6) is 11.8 Å². The number of ether oxygens (including phenoxy) is 2. The van der Waals surface area contributed by atoms with Crippen molar-refractivity contribution < 1.29 is 9.47 Å².